The summed E-state index contributed by atoms with van der Waals surface area (Å²) in [4.78, 5) is 16.9. The molecule has 0 saturated heterocycles. The Kier molecular flexibility index (Phi) is 9.48. The van der Waals surface area contributed by atoms with Crippen molar-refractivity contribution in [3.8, 4) is 0 Å². The molecular weight excluding hydrogens is 363 g/mol. The van der Waals surface area contributed by atoms with E-state index in [9.17, 15) is 9.18 Å². The molecule has 1 aromatic heterocycles. The third-order valence-electron chi connectivity index (χ3n) is 3.94. The van der Waals surface area contributed by atoms with E-state index < -0.39 is 0 Å². The van der Waals surface area contributed by atoms with Gasteiger partial charge in [0.1, 0.15) is 5.82 Å². The molecule has 1 aromatic carbocycles. The molecule has 0 aliphatic heterocycles. The lowest BCUT2D eigenvalue weighted by Gasteiger charge is -2.12. The Morgan fingerprint density at radius 1 is 1.07 bits per heavy atom. The normalized spacial score (nSPS) is 11.4. The number of aliphatic imine (C=N–C) groups is 1. The second-order valence-corrected chi connectivity index (χ2v) is 7.19. The number of pyridine rings is 1. The smallest absolute Gasteiger partial charge is 0.250 e. The van der Waals surface area contributed by atoms with Crippen molar-refractivity contribution >= 4 is 17.7 Å². The lowest BCUT2D eigenvalue weighted by atomic mass is 10.3. The molecule has 5 nitrogen and oxygen atoms in total. The fourth-order valence-corrected chi connectivity index (χ4v) is 3.33. The molecule has 0 amide bonds. The van der Waals surface area contributed by atoms with E-state index in [2.05, 4.69) is 15.6 Å². The lowest BCUT2D eigenvalue weighted by Crippen LogP contribution is -2.38. The first kappa shape index (κ1) is 21.0. The van der Waals surface area contributed by atoms with Crippen LogP contribution in [-0.4, -0.2) is 36.4 Å². The number of hydrogen-bond donors (Lipinski definition) is 2. The summed E-state index contributed by atoms with van der Waals surface area (Å²) in [6.45, 7) is 2.37. The number of thioether (sulfide) groups is 1. The monoisotopic (exact) mass is 390 g/mol. The van der Waals surface area contributed by atoms with E-state index in [1.54, 1.807) is 47.6 Å². The van der Waals surface area contributed by atoms with Crippen LogP contribution in [0.5, 0.6) is 0 Å². The van der Waals surface area contributed by atoms with E-state index in [1.165, 1.54) is 12.1 Å². The molecule has 0 spiro atoms. The topological polar surface area (TPSA) is 58.4 Å². The number of guanidine groups is 1. The summed E-state index contributed by atoms with van der Waals surface area (Å²) in [6, 6.07) is 11.8. The van der Waals surface area contributed by atoms with Gasteiger partial charge in [0.2, 0.25) is 5.56 Å². The van der Waals surface area contributed by atoms with Gasteiger partial charge in [0.05, 0.1) is 0 Å². The van der Waals surface area contributed by atoms with Crippen LogP contribution < -0.4 is 16.2 Å². The fourth-order valence-electron chi connectivity index (χ4n) is 2.48. The molecule has 0 unspecified atom stereocenters. The molecule has 0 atom stereocenters. The zero-order chi connectivity index (χ0) is 19.3. The van der Waals surface area contributed by atoms with Gasteiger partial charge in [0.15, 0.2) is 5.96 Å². The van der Waals surface area contributed by atoms with E-state index in [0.29, 0.717) is 0 Å². The first-order valence-electron chi connectivity index (χ1n) is 9.17. The van der Waals surface area contributed by atoms with Crippen molar-refractivity contribution in [1.29, 1.82) is 0 Å². The quantitative estimate of drug-likeness (QED) is 0.283. The van der Waals surface area contributed by atoms with Crippen molar-refractivity contribution in [3.63, 3.8) is 0 Å². The van der Waals surface area contributed by atoms with Gasteiger partial charge >= 0.3 is 0 Å². The number of unbranched alkanes of at least 4 members (excludes halogenated alkanes) is 1. The van der Waals surface area contributed by atoms with Crippen LogP contribution >= 0.6 is 11.8 Å². The third kappa shape index (κ3) is 8.30. The molecule has 0 saturated carbocycles. The molecule has 2 rings (SSSR count). The largest absolute Gasteiger partial charge is 0.356 e. The van der Waals surface area contributed by atoms with Gasteiger partial charge in [-0.1, -0.05) is 6.07 Å². The molecule has 0 bridgehead atoms. The van der Waals surface area contributed by atoms with Gasteiger partial charge in [-0.3, -0.25) is 9.79 Å². The minimum Gasteiger partial charge on any atom is -0.356 e. The Bertz CT molecular complexity index is 761. The van der Waals surface area contributed by atoms with Crippen molar-refractivity contribution in [1.82, 2.24) is 15.2 Å². The highest BCUT2D eigenvalue weighted by molar-refractivity contribution is 7.99. The second kappa shape index (κ2) is 12.2. The predicted molar refractivity (Wildman–Crippen MR) is 111 cm³/mol. The predicted octanol–water partition coefficient (Wildman–Crippen LogP) is 3.12. The van der Waals surface area contributed by atoms with Crippen molar-refractivity contribution < 1.29 is 4.39 Å². The molecule has 146 valence electrons. The molecule has 0 fully saturated rings. The Hall–Kier alpha value is -2.28. The third-order valence-corrected chi connectivity index (χ3v) is 5.04. The van der Waals surface area contributed by atoms with Gasteiger partial charge < -0.3 is 15.2 Å². The minimum absolute atomic E-state index is 0.0430. The maximum atomic E-state index is 12.9. The average molecular weight is 391 g/mol. The zero-order valence-electron chi connectivity index (χ0n) is 15.7. The summed E-state index contributed by atoms with van der Waals surface area (Å²) in [7, 11) is 1.76. The highest BCUT2D eigenvalue weighted by Gasteiger charge is 1.99. The Labute approximate surface area is 164 Å². The molecule has 27 heavy (non-hydrogen) atoms. The standard InChI is InChI=1S/C20H27FN4OS/c1-22-20(23-12-3-5-15-25-14-4-2-7-19(25)26)24-13-6-16-27-18-10-8-17(21)9-11-18/h2,4,7-11,14H,3,5-6,12-13,15-16H2,1H3,(H2,22,23,24). The van der Waals surface area contributed by atoms with Crippen LogP contribution in [0, 0.1) is 5.82 Å². The molecule has 0 aliphatic rings. The van der Waals surface area contributed by atoms with Gasteiger partial charge in [-0.2, -0.15) is 0 Å². The van der Waals surface area contributed by atoms with Crippen LogP contribution in [0.25, 0.3) is 0 Å². The van der Waals surface area contributed by atoms with Crippen LogP contribution in [0.1, 0.15) is 19.3 Å². The molecule has 1 heterocycles. The van der Waals surface area contributed by atoms with Crippen molar-refractivity contribution in [2.45, 2.75) is 30.7 Å². The summed E-state index contributed by atoms with van der Waals surface area (Å²) in [5, 5.41) is 6.58. The summed E-state index contributed by atoms with van der Waals surface area (Å²) in [6.07, 6.45) is 4.70. The SMILES string of the molecule is CN=C(NCCCCn1ccccc1=O)NCCCSc1ccc(F)cc1. The van der Waals surface area contributed by atoms with Gasteiger partial charge in [-0.15, -0.1) is 11.8 Å². The van der Waals surface area contributed by atoms with Crippen molar-refractivity contribution in [2.75, 3.05) is 25.9 Å². The maximum Gasteiger partial charge on any atom is 0.250 e. The Morgan fingerprint density at radius 2 is 1.81 bits per heavy atom. The first-order chi connectivity index (χ1) is 13.2. The summed E-state index contributed by atoms with van der Waals surface area (Å²) >= 11 is 1.72. The van der Waals surface area contributed by atoms with Crippen LogP contribution in [0.15, 0.2) is 63.3 Å². The maximum absolute atomic E-state index is 12.9. The number of aromatic nitrogens is 1. The van der Waals surface area contributed by atoms with E-state index >= 15 is 0 Å². The number of nitrogens with one attached hydrogen (secondary N) is 2. The van der Waals surface area contributed by atoms with E-state index in [4.69, 9.17) is 0 Å². The van der Waals surface area contributed by atoms with Crippen LogP contribution in [0.2, 0.25) is 0 Å². The van der Waals surface area contributed by atoms with Gasteiger partial charge in [0.25, 0.3) is 0 Å². The highest BCUT2D eigenvalue weighted by atomic mass is 32.2. The number of nitrogens with zero attached hydrogens (tertiary/aromatic N) is 2. The van der Waals surface area contributed by atoms with Gasteiger partial charge in [0, 0.05) is 43.8 Å². The van der Waals surface area contributed by atoms with Crippen LogP contribution in [0.4, 0.5) is 4.39 Å². The number of halogens is 1. The fraction of sp³-hybridized carbons (Fsp3) is 0.400. The van der Waals surface area contributed by atoms with Crippen LogP contribution in [-0.2, 0) is 6.54 Å². The molecule has 0 aliphatic carbocycles. The molecule has 2 aromatic rings. The Balaban J connectivity index is 1.53. The van der Waals surface area contributed by atoms with Crippen molar-refractivity contribution in [3.05, 3.63) is 64.8 Å². The number of hydrogen-bond acceptors (Lipinski definition) is 3. The number of rotatable bonds is 10. The summed E-state index contributed by atoms with van der Waals surface area (Å²) in [5.74, 6) is 1.55. The van der Waals surface area contributed by atoms with E-state index in [0.717, 1.165) is 55.5 Å². The minimum atomic E-state index is -0.202. The van der Waals surface area contributed by atoms with Gasteiger partial charge in [-0.25, -0.2) is 4.39 Å². The molecule has 2 N–H and O–H groups in total. The van der Waals surface area contributed by atoms with E-state index in [1.807, 2.05) is 12.3 Å². The lowest BCUT2D eigenvalue weighted by molar-refractivity contribution is 0.585. The second-order valence-electron chi connectivity index (χ2n) is 6.02. The Morgan fingerprint density at radius 3 is 2.52 bits per heavy atom. The van der Waals surface area contributed by atoms with E-state index in [-0.39, 0.29) is 11.4 Å². The zero-order valence-corrected chi connectivity index (χ0v) is 16.5. The van der Waals surface area contributed by atoms with Crippen LogP contribution in [0.3, 0.4) is 0 Å². The average Bonchev–Trinajstić information content (AvgIpc) is 2.68. The summed E-state index contributed by atoms with van der Waals surface area (Å²) < 4.78 is 14.6. The first-order valence-corrected chi connectivity index (χ1v) is 10.2. The molecule has 7 heteroatoms. The van der Waals surface area contributed by atoms with Gasteiger partial charge in [-0.05, 0) is 55.3 Å². The number of benzene rings is 1. The van der Waals surface area contributed by atoms with Crippen molar-refractivity contribution in [2.24, 2.45) is 4.99 Å². The number of aryl methyl sites for hydroxylation is 1. The summed E-state index contributed by atoms with van der Waals surface area (Å²) in [5.41, 5.74) is 0.0430. The highest BCUT2D eigenvalue weighted by Crippen LogP contribution is 2.18. The molecular formula is C20H27FN4OS. The molecule has 0 radical (unpaired) electrons.